The van der Waals surface area contributed by atoms with Crippen molar-refractivity contribution >= 4 is 17.7 Å². The Kier molecular flexibility index (Phi) is 6.92. The van der Waals surface area contributed by atoms with Crippen molar-refractivity contribution in [1.29, 1.82) is 0 Å². The number of fused-ring (bicyclic) bond motifs is 1. The number of aryl methyl sites for hydroxylation is 1. The van der Waals surface area contributed by atoms with Gasteiger partial charge in [-0.25, -0.2) is 0 Å². The van der Waals surface area contributed by atoms with Crippen molar-refractivity contribution in [3.8, 4) is 0 Å². The van der Waals surface area contributed by atoms with Crippen molar-refractivity contribution in [2.24, 2.45) is 7.05 Å². The topological polar surface area (TPSA) is 87.5 Å². The number of carbonyl (C=O) groups excluding carboxylic acids is 3. The SMILES string of the molecule is Cn1nc(C(=O)N2CCCCC2)c2c1CCN(C(=O)CCC(=O)NC1CCCCC1)C2. The smallest absolute Gasteiger partial charge is 0.274 e. The summed E-state index contributed by atoms with van der Waals surface area (Å²) in [7, 11) is 1.87. The average Bonchev–Trinajstić information content (AvgIpc) is 3.14. The lowest BCUT2D eigenvalue weighted by Gasteiger charge is -2.29. The van der Waals surface area contributed by atoms with Gasteiger partial charge in [0.1, 0.15) is 0 Å². The molecule has 0 radical (unpaired) electrons. The van der Waals surface area contributed by atoms with Crippen molar-refractivity contribution < 1.29 is 14.4 Å². The fourth-order valence-corrected chi connectivity index (χ4v) is 5.15. The van der Waals surface area contributed by atoms with Gasteiger partial charge in [0.25, 0.3) is 5.91 Å². The zero-order valence-corrected chi connectivity index (χ0v) is 18.7. The van der Waals surface area contributed by atoms with Crippen molar-refractivity contribution in [3.05, 3.63) is 17.0 Å². The third kappa shape index (κ3) is 5.10. The van der Waals surface area contributed by atoms with Crippen LogP contribution in [0.15, 0.2) is 0 Å². The monoisotopic (exact) mass is 429 g/mol. The van der Waals surface area contributed by atoms with Crippen molar-refractivity contribution in [3.63, 3.8) is 0 Å². The number of amides is 3. The van der Waals surface area contributed by atoms with E-state index in [1.165, 1.54) is 25.7 Å². The van der Waals surface area contributed by atoms with Gasteiger partial charge in [-0.1, -0.05) is 19.3 Å². The second kappa shape index (κ2) is 9.83. The van der Waals surface area contributed by atoms with E-state index in [1.807, 2.05) is 11.9 Å². The summed E-state index contributed by atoms with van der Waals surface area (Å²) in [6.45, 7) is 2.57. The van der Waals surface area contributed by atoms with E-state index in [2.05, 4.69) is 10.4 Å². The molecule has 3 heterocycles. The molecule has 0 spiro atoms. The Balaban J connectivity index is 1.34. The number of carbonyl (C=O) groups is 3. The third-order valence-electron chi connectivity index (χ3n) is 6.98. The van der Waals surface area contributed by atoms with E-state index >= 15 is 0 Å². The van der Waals surface area contributed by atoms with Crippen LogP contribution in [-0.4, -0.2) is 63.0 Å². The molecule has 2 aliphatic heterocycles. The molecule has 4 rings (SSSR count). The number of rotatable bonds is 5. The zero-order chi connectivity index (χ0) is 21.8. The molecule has 8 heteroatoms. The highest BCUT2D eigenvalue weighted by Crippen LogP contribution is 2.25. The summed E-state index contributed by atoms with van der Waals surface area (Å²) in [6.07, 6.45) is 10.0. The molecular formula is C23H35N5O3. The number of aromatic nitrogens is 2. The van der Waals surface area contributed by atoms with Gasteiger partial charge in [0.15, 0.2) is 5.69 Å². The van der Waals surface area contributed by atoms with Crippen molar-refractivity contribution in [2.75, 3.05) is 19.6 Å². The minimum absolute atomic E-state index is 0.0160. The van der Waals surface area contributed by atoms with Gasteiger partial charge in [-0.3, -0.25) is 19.1 Å². The first kappa shape index (κ1) is 21.8. The fraction of sp³-hybridized carbons (Fsp3) is 0.739. The lowest BCUT2D eigenvalue weighted by atomic mass is 9.95. The van der Waals surface area contributed by atoms with Crippen molar-refractivity contribution in [1.82, 2.24) is 24.9 Å². The largest absolute Gasteiger partial charge is 0.353 e. The van der Waals surface area contributed by atoms with Crippen LogP contribution < -0.4 is 5.32 Å². The van der Waals surface area contributed by atoms with Crippen LogP contribution >= 0.6 is 0 Å². The summed E-state index contributed by atoms with van der Waals surface area (Å²) in [5.41, 5.74) is 2.41. The summed E-state index contributed by atoms with van der Waals surface area (Å²) in [6, 6.07) is 0.271. The number of nitrogens with zero attached hydrogens (tertiary/aromatic N) is 4. The van der Waals surface area contributed by atoms with Crippen LogP contribution in [-0.2, 0) is 29.6 Å². The summed E-state index contributed by atoms with van der Waals surface area (Å²) >= 11 is 0. The first-order chi connectivity index (χ1) is 15.0. The normalized spacial score (nSPS) is 19.8. The first-order valence-electron chi connectivity index (χ1n) is 11.9. The Morgan fingerprint density at radius 2 is 1.65 bits per heavy atom. The Labute approximate surface area is 184 Å². The van der Waals surface area contributed by atoms with E-state index in [9.17, 15) is 14.4 Å². The quantitative estimate of drug-likeness (QED) is 0.777. The van der Waals surface area contributed by atoms with Gasteiger partial charge < -0.3 is 15.1 Å². The van der Waals surface area contributed by atoms with Crippen LogP contribution in [0.4, 0.5) is 0 Å². The van der Waals surface area contributed by atoms with Crippen LogP contribution in [0.2, 0.25) is 0 Å². The molecule has 8 nitrogen and oxygen atoms in total. The van der Waals surface area contributed by atoms with Gasteiger partial charge in [0, 0.05) is 69.8 Å². The molecule has 1 aromatic rings. The molecule has 1 saturated heterocycles. The minimum Gasteiger partial charge on any atom is -0.353 e. The Hall–Kier alpha value is -2.38. The molecule has 170 valence electrons. The van der Waals surface area contributed by atoms with Crippen molar-refractivity contribution in [2.45, 2.75) is 83.2 Å². The van der Waals surface area contributed by atoms with Crippen LogP contribution in [0, 0.1) is 0 Å². The maximum absolute atomic E-state index is 13.1. The summed E-state index contributed by atoms with van der Waals surface area (Å²) in [5.74, 6) is -0.0670. The van der Waals surface area contributed by atoms with Gasteiger partial charge in [-0.2, -0.15) is 5.10 Å². The maximum atomic E-state index is 13.1. The third-order valence-corrected chi connectivity index (χ3v) is 6.98. The van der Waals surface area contributed by atoms with Gasteiger partial charge in [-0.15, -0.1) is 0 Å². The highest BCUT2D eigenvalue weighted by Gasteiger charge is 2.31. The van der Waals surface area contributed by atoms with E-state index < -0.39 is 0 Å². The molecule has 1 aromatic heterocycles. The lowest BCUT2D eigenvalue weighted by Crippen LogP contribution is -2.40. The zero-order valence-electron chi connectivity index (χ0n) is 18.7. The van der Waals surface area contributed by atoms with Gasteiger partial charge in [0.2, 0.25) is 11.8 Å². The Morgan fingerprint density at radius 1 is 0.935 bits per heavy atom. The second-order valence-electron chi connectivity index (χ2n) is 9.22. The molecule has 0 atom stereocenters. The van der Waals surface area contributed by atoms with Crippen LogP contribution in [0.1, 0.15) is 86.0 Å². The average molecular weight is 430 g/mol. The van der Waals surface area contributed by atoms with E-state index in [0.717, 1.165) is 50.0 Å². The molecule has 3 aliphatic rings. The predicted molar refractivity (Wildman–Crippen MR) is 116 cm³/mol. The minimum atomic E-state index is -0.0275. The van der Waals surface area contributed by atoms with Gasteiger partial charge in [-0.05, 0) is 32.1 Å². The fourth-order valence-electron chi connectivity index (χ4n) is 5.15. The standard InChI is InChI=1S/C23H35N5O3/c1-26-19-12-15-28(21(30)11-10-20(29)24-17-8-4-2-5-9-17)16-18(19)22(25-26)23(31)27-13-6-3-7-14-27/h17H,2-16H2,1H3,(H,24,29). The van der Waals surface area contributed by atoms with Gasteiger partial charge >= 0.3 is 0 Å². The molecule has 3 amide bonds. The molecule has 2 fully saturated rings. The molecule has 0 aromatic carbocycles. The molecule has 0 unspecified atom stereocenters. The highest BCUT2D eigenvalue weighted by molar-refractivity contribution is 5.94. The van der Waals surface area contributed by atoms with Crippen LogP contribution in [0.5, 0.6) is 0 Å². The van der Waals surface area contributed by atoms with E-state index in [1.54, 1.807) is 9.58 Å². The molecular weight excluding hydrogens is 394 g/mol. The van der Waals surface area contributed by atoms with Crippen LogP contribution in [0.25, 0.3) is 0 Å². The Bertz CT molecular complexity index is 821. The molecule has 0 bridgehead atoms. The molecule has 1 saturated carbocycles. The first-order valence-corrected chi connectivity index (χ1v) is 11.9. The number of nitrogens with one attached hydrogen (secondary N) is 1. The molecule has 1 N–H and O–H groups in total. The summed E-state index contributed by atoms with van der Waals surface area (Å²) in [4.78, 5) is 41.8. The summed E-state index contributed by atoms with van der Waals surface area (Å²) in [5, 5.41) is 7.61. The predicted octanol–water partition coefficient (Wildman–Crippen LogP) is 2.16. The van der Waals surface area contributed by atoms with E-state index in [4.69, 9.17) is 0 Å². The molecule has 31 heavy (non-hydrogen) atoms. The van der Waals surface area contributed by atoms with E-state index in [-0.39, 0.29) is 36.6 Å². The number of hydrogen-bond donors (Lipinski definition) is 1. The lowest BCUT2D eigenvalue weighted by molar-refractivity contribution is -0.134. The summed E-state index contributed by atoms with van der Waals surface area (Å²) < 4.78 is 1.80. The van der Waals surface area contributed by atoms with Crippen LogP contribution in [0.3, 0.4) is 0 Å². The number of likely N-dealkylation sites (tertiary alicyclic amines) is 1. The Morgan fingerprint density at radius 3 is 2.39 bits per heavy atom. The maximum Gasteiger partial charge on any atom is 0.274 e. The van der Waals surface area contributed by atoms with Gasteiger partial charge in [0.05, 0.1) is 0 Å². The second-order valence-corrected chi connectivity index (χ2v) is 9.22. The number of piperidine rings is 1. The molecule has 1 aliphatic carbocycles. The number of hydrogen-bond acceptors (Lipinski definition) is 4. The van der Waals surface area contributed by atoms with E-state index in [0.29, 0.717) is 25.2 Å². The highest BCUT2D eigenvalue weighted by atomic mass is 16.2.